The number of likely N-dealkylation sites (N-methyl/N-ethyl adjacent to an activating group) is 1. The van der Waals surface area contributed by atoms with Crippen molar-refractivity contribution in [1.29, 1.82) is 0 Å². The van der Waals surface area contributed by atoms with Crippen LogP contribution >= 0.6 is 24.0 Å². The average molecular weight is 428 g/mol. The highest BCUT2D eigenvalue weighted by Crippen LogP contribution is 2.03. The van der Waals surface area contributed by atoms with Gasteiger partial charge in [0.1, 0.15) is 0 Å². The zero-order valence-electron chi connectivity index (χ0n) is 14.3. The normalized spacial score (nSPS) is 19.6. The number of guanidine groups is 1. The van der Waals surface area contributed by atoms with Crippen molar-refractivity contribution in [2.24, 2.45) is 4.99 Å². The van der Waals surface area contributed by atoms with Crippen LogP contribution in [0.1, 0.15) is 26.7 Å². The van der Waals surface area contributed by atoms with E-state index in [-0.39, 0.29) is 30.1 Å². The number of aliphatic imine (C=N–C) groups is 1. The standard InChI is InChI=1S/C15H32N4O2.HI/c1-4-16-15(17-8-6-7-10-20-5-2)18-12-14-13-19(3)9-11-21-14;/h14H,4-13H2,1-3H3,(H2,16,17,18);1H. The molecule has 1 aliphatic rings. The highest BCUT2D eigenvalue weighted by atomic mass is 127. The molecule has 0 spiro atoms. The third-order valence-electron chi connectivity index (χ3n) is 3.35. The Morgan fingerprint density at radius 3 is 2.82 bits per heavy atom. The number of nitrogens with one attached hydrogen (secondary N) is 2. The van der Waals surface area contributed by atoms with Crippen LogP contribution in [0.5, 0.6) is 0 Å². The number of morpholine rings is 1. The molecule has 0 saturated carbocycles. The van der Waals surface area contributed by atoms with Gasteiger partial charge in [-0.15, -0.1) is 24.0 Å². The molecule has 0 aromatic rings. The van der Waals surface area contributed by atoms with Crippen molar-refractivity contribution in [2.75, 3.05) is 59.6 Å². The van der Waals surface area contributed by atoms with Crippen molar-refractivity contribution in [3.63, 3.8) is 0 Å². The van der Waals surface area contributed by atoms with Crippen molar-refractivity contribution in [1.82, 2.24) is 15.5 Å². The van der Waals surface area contributed by atoms with E-state index in [4.69, 9.17) is 9.47 Å². The van der Waals surface area contributed by atoms with Crippen molar-refractivity contribution < 1.29 is 9.47 Å². The first kappa shape index (κ1) is 21.9. The fraction of sp³-hybridized carbons (Fsp3) is 0.933. The number of halogens is 1. The Hall–Kier alpha value is -0.120. The molecule has 22 heavy (non-hydrogen) atoms. The van der Waals surface area contributed by atoms with Gasteiger partial charge in [0.25, 0.3) is 0 Å². The quantitative estimate of drug-likeness (QED) is 0.251. The van der Waals surface area contributed by atoms with Crippen LogP contribution in [0.2, 0.25) is 0 Å². The van der Waals surface area contributed by atoms with Crippen LogP contribution in [0.15, 0.2) is 4.99 Å². The summed E-state index contributed by atoms with van der Waals surface area (Å²) >= 11 is 0. The SMILES string of the molecule is CCNC(=NCC1CN(C)CCO1)NCCCCOCC.I. The Kier molecular flexibility index (Phi) is 14.4. The maximum Gasteiger partial charge on any atom is 0.191 e. The third kappa shape index (κ3) is 10.6. The summed E-state index contributed by atoms with van der Waals surface area (Å²) in [6.45, 7) is 11.0. The largest absolute Gasteiger partial charge is 0.382 e. The van der Waals surface area contributed by atoms with Crippen LogP contribution in [0.25, 0.3) is 0 Å². The third-order valence-corrected chi connectivity index (χ3v) is 3.35. The second-order valence-electron chi connectivity index (χ2n) is 5.31. The van der Waals surface area contributed by atoms with Gasteiger partial charge < -0.3 is 25.0 Å². The minimum absolute atomic E-state index is 0. The van der Waals surface area contributed by atoms with Gasteiger partial charge in [-0.05, 0) is 33.7 Å². The molecule has 1 atom stereocenters. The molecule has 0 amide bonds. The zero-order chi connectivity index (χ0) is 15.3. The molecule has 7 heteroatoms. The number of rotatable bonds is 9. The molecule has 1 rings (SSSR count). The summed E-state index contributed by atoms with van der Waals surface area (Å²) in [6.07, 6.45) is 2.38. The maximum atomic E-state index is 5.73. The van der Waals surface area contributed by atoms with Gasteiger partial charge in [0, 0.05) is 39.4 Å². The van der Waals surface area contributed by atoms with Gasteiger partial charge >= 0.3 is 0 Å². The molecule has 1 saturated heterocycles. The molecule has 6 nitrogen and oxygen atoms in total. The van der Waals surface area contributed by atoms with Crippen LogP contribution in [0.3, 0.4) is 0 Å². The molecule has 1 unspecified atom stereocenters. The summed E-state index contributed by atoms with van der Waals surface area (Å²) < 4.78 is 11.1. The van der Waals surface area contributed by atoms with Gasteiger partial charge in [-0.25, -0.2) is 0 Å². The molecule has 132 valence electrons. The fourth-order valence-corrected chi connectivity index (χ4v) is 2.19. The van der Waals surface area contributed by atoms with Crippen LogP contribution in [0, 0.1) is 0 Å². The number of unbranched alkanes of at least 4 members (excludes halogenated alkanes) is 1. The summed E-state index contributed by atoms with van der Waals surface area (Å²) in [5.74, 6) is 0.880. The minimum Gasteiger partial charge on any atom is -0.382 e. The van der Waals surface area contributed by atoms with Gasteiger partial charge in [0.15, 0.2) is 5.96 Å². The fourth-order valence-electron chi connectivity index (χ4n) is 2.19. The van der Waals surface area contributed by atoms with Crippen molar-refractivity contribution in [3.05, 3.63) is 0 Å². The van der Waals surface area contributed by atoms with E-state index in [1.807, 2.05) is 6.92 Å². The van der Waals surface area contributed by atoms with Gasteiger partial charge in [-0.2, -0.15) is 0 Å². The molecule has 1 fully saturated rings. The molecule has 0 bridgehead atoms. The molecule has 0 radical (unpaired) electrons. The monoisotopic (exact) mass is 428 g/mol. The lowest BCUT2D eigenvalue weighted by Gasteiger charge is -2.29. The van der Waals surface area contributed by atoms with E-state index >= 15 is 0 Å². The van der Waals surface area contributed by atoms with Gasteiger partial charge in [-0.3, -0.25) is 4.99 Å². The Balaban J connectivity index is 0.00000441. The molecular formula is C15H33IN4O2. The molecule has 2 N–H and O–H groups in total. The van der Waals surface area contributed by atoms with Gasteiger partial charge in [0.05, 0.1) is 19.3 Å². The molecule has 0 aliphatic carbocycles. The van der Waals surface area contributed by atoms with Crippen LogP contribution in [-0.4, -0.2) is 76.6 Å². The Bertz CT molecular complexity index is 293. The summed E-state index contributed by atoms with van der Waals surface area (Å²) in [5.41, 5.74) is 0. The van der Waals surface area contributed by atoms with Gasteiger partial charge in [-0.1, -0.05) is 0 Å². The van der Waals surface area contributed by atoms with E-state index in [0.717, 1.165) is 64.8 Å². The summed E-state index contributed by atoms with van der Waals surface area (Å²) in [6, 6.07) is 0. The van der Waals surface area contributed by atoms with Crippen LogP contribution < -0.4 is 10.6 Å². The second kappa shape index (κ2) is 14.5. The average Bonchev–Trinajstić information content (AvgIpc) is 2.48. The molecule has 1 aliphatic heterocycles. The Morgan fingerprint density at radius 2 is 2.14 bits per heavy atom. The lowest BCUT2D eigenvalue weighted by molar-refractivity contribution is -0.0136. The van der Waals surface area contributed by atoms with E-state index in [1.165, 1.54) is 0 Å². The van der Waals surface area contributed by atoms with E-state index < -0.39 is 0 Å². The summed E-state index contributed by atoms with van der Waals surface area (Å²) in [4.78, 5) is 6.91. The highest BCUT2D eigenvalue weighted by Gasteiger charge is 2.17. The first-order chi connectivity index (χ1) is 10.3. The predicted molar refractivity (Wildman–Crippen MR) is 102 cm³/mol. The number of ether oxygens (including phenoxy) is 2. The number of hydrogen-bond donors (Lipinski definition) is 2. The summed E-state index contributed by atoms with van der Waals surface area (Å²) in [7, 11) is 2.13. The van der Waals surface area contributed by atoms with E-state index in [1.54, 1.807) is 0 Å². The topological polar surface area (TPSA) is 58.1 Å². The second-order valence-corrected chi connectivity index (χ2v) is 5.31. The Morgan fingerprint density at radius 1 is 1.32 bits per heavy atom. The molecule has 0 aromatic carbocycles. The van der Waals surface area contributed by atoms with Crippen molar-refractivity contribution >= 4 is 29.9 Å². The lowest BCUT2D eigenvalue weighted by Crippen LogP contribution is -2.43. The first-order valence-electron chi connectivity index (χ1n) is 8.16. The predicted octanol–water partition coefficient (Wildman–Crippen LogP) is 1.31. The smallest absolute Gasteiger partial charge is 0.191 e. The maximum absolute atomic E-state index is 5.73. The minimum atomic E-state index is 0. The lowest BCUT2D eigenvalue weighted by atomic mass is 10.3. The summed E-state index contributed by atoms with van der Waals surface area (Å²) in [5, 5.41) is 6.64. The van der Waals surface area contributed by atoms with Crippen molar-refractivity contribution in [2.45, 2.75) is 32.8 Å². The van der Waals surface area contributed by atoms with Crippen LogP contribution in [0.4, 0.5) is 0 Å². The number of nitrogens with zero attached hydrogens (tertiary/aromatic N) is 2. The van der Waals surface area contributed by atoms with E-state index in [2.05, 4.69) is 34.5 Å². The highest BCUT2D eigenvalue weighted by molar-refractivity contribution is 14.0. The first-order valence-corrected chi connectivity index (χ1v) is 8.16. The molecule has 0 aromatic heterocycles. The van der Waals surface area contributed by atoms with Crippen LogP contribution in [-0.2, 0) is 9.47 Å². The Labute approximate surface area is 152 Å². The molecule has 1 heterocycles. The molecular weight excluding hydrogens is 395 g/mol. The van der Waals surface area contributed by atoms with Crippen molar-refractivity contribution in [3.8, 4) is 0 Å². The van der Waals surface area contributed by atoms with E-state index in [9.17, 15) is 0 Å². The zero-order valence-corrected chi connectivity index (χ0v) is 16.6. The van der Waals surface area contributed by atoms with Gasteiger partial charge in [0.2, 0.25) is 0 Å². The number of hydrogen-bond acceptors (Lipinski definition) is 4. The van der Waals surface area contributed by atoms with E-state index in [0.29, 0.717) is 6.54 Å².